The quantitative estimate of drug-likeness (QED) is 0.724. The van der Waals surface area contributed by atoms with Gasteiger partial charge >= 0.3 is 0 Å². The number of hydrogen-bond acceptors (Lipinski definition) is 2. The standard InChI is InChI=1S/C16H14Cl2O2/c1-2-14(16(19)11-6-4-3-5-7-11)20-15-10-12(17)8-9-13(15)18/h3-10,14H,2H2,1H3. The van der Waals surface area contributed by atoms with Crippen molar-refractivity contribution in [1.82, 2.24) is 0 Å². The van der Waals surface area contributed by atoms with Crippen LogP contribution in [0.3, 0.4) is 0 Å². The van der Waals surface area contributed by atoms with Crippen molar-refractivity contribution in [1.29, 1.82) is 0 Å². The molecular formula is C16H14Cl2O2. The van der Waals surface area contributed by atoms with Crippen molar-refractivity contribution < 1.29 is 9.53 Å². The summed E-state index contributed by atoms with van der Waals surface area (Å²) in [5.74, 6) is 0.361. The molecule has 20 heavy (non-hydrogen) atoms. The van der Waals surface area contributed by atoms with E-state index in [9.17, 15) is 4.79 Å². The van der Waals surface area contributed by atoms with E-state index >= 15 is 0 Å². The second-order valence-corrected chi connectivity index (χ2v) is 5.16. The molecule has 0 saturated carbocycles. The van der Waals surface area contributed by atoms with Gasteiger partial charge in [-0.25, -0.2) is 0 Å². The second kappa shape index (κ2) is 6.78. The van der Waals surface area contributed by atoms with Crippen molar-refractivity contribution in [2.45, 2.75) is 19.4 Å². The molecule has 2 aromatic rings. The molecule has 1 unspecified atom stereocenters. The molecule has 104 valence electrons. The Balaban J connectivity index is 2.21. The maximum atomic E-state index is 12.4. The van der Waals surface area contributed by atoms with Crippen molar-refractivity contribution in [3.05, 3.63) is 64.1 Å². The highest BCUT2D eigenvalue weighted by Crippen LogP contribution is 2.29. The van der Waals surface area contributed by atoms with Crippen molar-refractivity contribution in [3.63, 3.8) is 0 Å². The minimum Gasteiger partial charge on any atom is -0.481 e. The second-order valence-electron chi connectivity index (χ2n) is 4.32. The van der Waals surface area contributed by atoms with Crippen LogP contribution in [-0.4, -0.2) is 11.9 Å². The largest absolute Gasteiger partial charge is 0.481 e. The number of halogens is 2. The third-order valence-electron chi connectivity index (χ3n) is 2.88. The molecule has 0 saturated heterocycles. The molecule has 2 nitrogen and oxygen atoms in total. The van der Waals surface area contributed by atoms with E-state index in [4.69, 9.17) is 27.9 Å². The number of benzene rings is 2. The first kappa shape index (κ1) is 14.9. The van der Waals surface area contributed by atoms with Gasteiger partial charge in [0.2, 0.25) is 5.78 Å². The van der Waals surface area contributed by atoms with Gasteiger partial charge in [0.1, 0.15) is 5.75 Å². The lowest BCUT2D eigenvalue weighted by atomic mass is 10.0. The lowest BCUT2D eigenvalue weighted by Crippen LogP contribution is -2.26. The van der Waals surface area contributed by atoms with E-state index < -0.39 is 6.10 Å². The lowest BCUT2D eigenvalue weighted by molar-refractivity contribution is 0.0787. The molecule has 0 spiro atoms. The van der Waals surface area contributed by atoms with Crippen LogP contribution in [0, 0.1) is 0 Å². The van der Waals surface area contributed by atoms with Crippen LogP contribution in [-0.2, 0) is 0 Å². The van der Waals surface area contributed by atoms with Crippen LogP contribution >= 0.6 is 23.2 Å². The molecule has 0 amide bonds. The number of Topliss-reactive ketones (excluding diaryl/α,β-unsaturated/α-hetero) is 1. The normalized spacial score (nSPS) is 11.9. The summed E-state index contributed by atoms with van der Waals surface area (Å²) in [5, 5.41) is 0.958. The van der Waals surface area contributed by atoms with Gasteiger partial charge in [-0.15, -0.1) is 0 Å². The average Bonchev–Trinajstić information content (AvgIpc) is 2.48. The Morgan fingerprint density at radius 1 is 1.15 bits per heavy atom. The number of hydrogen-bond donors (Lipinski definition) is 0. The maximum Gasteiger partial charge on any atom is 0.203 e. The van der Waals surface area contributed by atoms with Gasteiger partial charge < -0.3 is 4.74 Å². The maximum absolute atomic E-state index is 12.4. The van der Waals surface area contributed by atoms with Crippen LogP contribution in [0.2, 0.25) is 10.0 Å². The molecular weight excluding hydrogens is 295 g/mol. The molecule has 0 aliphatic rings. The highest BCUT2D eigenvalue weighted by atomic mass is 35.5. The first-order valence-electron chi connectivity index (χ1n) is 6.32. The lowest BCUT2D eigenvalue weighted by Gasteiger charge is -2.17. The Morgan fingerprint density at radius 3 is 2.50 bits per heavy atom. The number of carbonyl (C=O) groups excluding carboxylic acids is 1. The number of carbonyl (C=O) groups is 1. The Hall–Kier alpha value is -1.51. The van der Waals surface area contributed by atoms with Crippen molar-refractivity contribution in [2.24, 2.45) is 0 Å². The zero-order valence-corrected chi connectivity index (χ0v) is 12.5. The summed E-state index contributed by atoms with van der Waals surface area (Å²) in [6, 6.07) is 14.0. The third kappa shape index (κ3) is 3.53. The predicted octanol–water partition coefficient (Wildman–Crippen LogP) is 5.03. The summed E-state index contributed by atoms with van der Waals surface area (Å²) in [4.78, 5) is 12.4. The summed E-state index contributed by atoms with van der Waals surface area (Å²) in [7, 11) is 0. The Morgan fingerprint density at radius 2 is 1.85 bits per heavy atom. The summed E-state index contributed by atoms with van der Waals surface area (Å²) in [5.41, 5.74) is 0.623. The summed E-state index contributed by atoms with van der Waals surface area (Å²) in [6.45, 7) is 1.89. The minimum atomic E-state index is -0.576. The molecule has 4 heteroatoms. The predicted molar refractivity (Wildman–Crippen MR) is 81.9 cm³/mol. The van der Waals surface area contributed by atoms with E-state index in [1.165, 1.54) is 0 Å². The van der Waals surface area contributed by atoms with Crippen molar-refractivity contribution >= 4 is 29.0 Å². The molecule has 2 rings (SSSR count). The molecule has 0 aromatic heterocycles. The fourth-order valence-electron chi connectivity index (χ4n) is 1.83. The minimum absolute atomic E-state index is 0.0656. The molecule has 0 bridgehead atoms. The van der Waals surface area contributed by atoms with Crippen LogP contribution in [0.1, 0.15) is 23.7 Å². The van der Waals surface area contributed by atoms with Gasteiger partial charge in [-0.05, 0) is 18.6 Å². The van der Waals surface area contributed by atoms with Crippen LogP contribution < -0.4 is 4.74 Å². The smallest absolute Gasteiger partial charge is 0.203 e. The SMILES string of the molecule is CCC(Oc1cc(Cl)ccc1Cl)C(=O)c1ccccc1. The fourth-order valence-corrected chi connectivity index (χ4v) is 2.16. The highest BCUT2D eigenvalue weighted by molar-refractivity contribution is 6.34. The van der Waals surface area contributed by atoms with Gasteiger partial charge in [0.15, 0.2) is 6.10 Å². The van der Waals surface area contributed by atoms with E-state index in [2.05, 4.69) is 0 Å². The molecule has 0 aliphatic heterocycles. The summed E-state index contributed by atoms with van der Waals surface area (Å²) in [6.07, 6.45) is -0.0234. The Bertz CT molecular complexity index is 597. The number of rotatable bonds is 5. The van der Waals surface area contributed by atoms with Gasteiger partial charge in [-0.2, -0.15) is 0 Å². The number of ketones is 1. The van der Waals surface area contributed by atoms with Crippen LogP contribution in [0.4, 0.5) is 0 Å². The summed E-state index contributed by atoms with van der Waals surface area (Å²) < 4.78 is 5.73. The molecule has 1 atom stereocenters. The van der Waals surface area contributed by atoms with Gasteiger partial charge in [0, 0.05) is 16.7 Å². The first-order valence-corrected chi connectivity index (χ1v) is 7.08. The van der Waals surface area contributed by atoms with E-state index in [1.54, 1.807) is 30.3 Å². The van der Waals surface area contributed by atoms with E-state index in [-0.39, 0.29) is 5.78 Å². The van der Waals surface area contributed by atoms with Gasteiger partial charge in [-0.1, -0.05) is 60.5 Å². The average molecular weight is 309 g/mol. The van der Waals surface area contributed by atoms with Crippen LogP contribution in [0.5, 0.6) is 5.75 Å². The molecule has 0 radical (unpaired) electrons. The fraction of sp³-hybridized carbons (Fsp3) is 0.188. The molecule has 0 fully saturated rings. The molecule has 0 heterocycles. The first-order chi connectivity index (χ1) is 9.61. The summed E-state index contributed by atoms with van der Waals surface area (Å²) >= 11 is 12.0. The van der Waals surface area contributed by atoms with Crippen LogP contribution in [0.15, 0.2) is 48.5 Å². The highest BCUT2D eigenvalue weighted by Gasteiger charge is 2.21. The molecule has 2 aromatic carbocycles. The van der Waals surface area contributed by atoms with Crippen molar-refractivity contribution in [2.75, 3.05) is 0 Å². The molecule has 0 N–H and O–H groups in total. The van der Waals surface area contributed by atoms with Crippen LogP contribution in [0.25, 0.3) is 0 Å². The zero-order chi connectivity index (χ0) is 14.5. The van der Waals surface area contributed by atoms with E-state index in [0.717, 1.165) is 0 Å². The van der Waals surface area contributed by atoms with Gasteiger partial charge in [0.25, 0.3) is 0 Å². The zero-order valence-electron chi connectivity index (χ0n) is 11.0. The van der Waals surface area contributed by atoms with Gasteiger partial charge in [-0.3, -0.25) is 4.79 Å². The topological polar surface area (TPSA) is 26.3 Å². The third-order valence-corrected chi connectivity index (χ3v) is 3.43. The van der Waals surface area contributed by atoms with Gasteiger partial charge in [0.05, 0.1) is 5.02 Å². The Labute approximate surface area is 128 Å². The molecule has 0 aliphatic carbocycles. The Kier molecular flexibility index (Phi) is 5.05. The van der Waals surface area contributed by atoms with E-state index in [1.807, 2.05) is 25.1 Å². The van der Waals surface area contributed by atoms with Crippen molar-refractivity contribution in [3.8, 4) is 5.75 Å². The monoisotopic (exact) mass is 308 g/mol. The number of ether oxygens (including phenoxy) is 1. The van der Waals surface area contributed by atoms with E-state index in [0.29, 0.717) is 27.8 Å².